The Morgan fingerprint density at radius 1 is 0.786 bits per heavy atom. The van der Waals surface area contributed by atoms with Crippen LogP contribution in [0.4, 0.5) is 4.39 Å². The summed E-state index contributed by atoms with van der Waals surface area (Å²) in [6, 6.07) is 0. The van der Waals surface area contributed by atoms with E-state index in [-0.39, 0.29) is 22.5 Å². The lowest BCUT2D eigenvalue weighted by molar-refractivity contribution is -0.258. The lowest BCUT2D eigenvalue weighted by Gasteiger charge is -2.62. The van der Waals surface area contributed by atoms with Gasteiger partial charge in [-0.05, 0) is 55.3 Å². The maximum absolute atomic E-state index is 15.6. The summed E-state index contributed by atoms with van der Waals surface area (Å²) in [5, 5.41) is 0. The molecule has 2 heterocycles. The molecule has 6 rings (SSSR count). The highest BCUT2D eigenvalue weighted by atomic mass is 19.1. The standard InChI is InChI=1S/C23H35FO4/c1-20-7-8-22(25-9-10-26-22)13-15(20)3-4-16-17(20)5-6-21(2)19(16)18(24)14-23(21)27-11-12-28-23/h15-19H,3-14H2,1-2H3. The van der Waals surface area contributed by atoms with Crippen LogP contribution >= 0.6 is 0 Å². The van der Waals surface area contributed by atoms with E-state index in [2.05, 4.69) is 13.8 Å². The first kappa shape index (κ1) is 18.5. The number of ether oxygens (including phenoxy) is 4. The lowest BCUT2D eigenvalue weighted by atomic mass is 9.44. The van der Waals surface area contributed by atoms with Gasteiger partial charge >= 0.3 is 0 Å². The number of hydrogen-bond donors (Lipinski definition) is 0. The van der Waals surface area contributed by atoms with Crippen LogP contribution in [-0.2, 0) is 18.9 Å². The minimum Gasteiger partial charge on any atom is -0.348 e. The second-order valence-electron chi connectivity index (χ2n) is 11.0. The van der Waals surface area contributed by atoms with Crippen LogP contribution in [0.2, 0.25) is 0 Å². The van der Waals surface area contributed by atoms with Gasteiger partial charge < -0.3 is 18.9 Å². The molecule has 0 bridgehead atoms. The first-order valence-corrected chi connectivity index (χ1v) is 11.6. The quantitative estimate of drug-likeness (QED) is 0.608. The molecule has 0 radical (unpaired) electrons. The maximum atomic E-state index is 15.6. The molecule has 4 aliphatic carbocycles. The zero-order chi connectivity index (χ0) is 19.2. The Kier molecular flexibility index (Phi) is 3.92. The maximum Gasteiger partial charge on any atom is 0.176 e. The van der Waals surface area contributed by atoms with E-state index in [1.807, 2.05) is 0 Å². The second-order valence-corrected chi connectivity index (χ2v) is 11.0. The minimum atomic E-state index is -0.799. The predicted octanol–water partition coefficient (Wildman–Crippen LogP) is 4.46. The summed E-state index contributed by atoms with van der Waals surface area (Å²) in [6.45, 7) is 7.47. The summed E-state index contributed by atoms with van der Waals surface area (Å²) in [7, 11) is 0. The molecule has 4 saturated carbocycles. The molecule has 2 spiro atoms. The normalized spacial score (nSPS) is 53.9. The number of halogens is 1. The zero-order valence-corrected chi connectivity index (χ0v) is 17.4. The van der Waals surface area contributed by atoms with Gasteiger partial charge in [0.2, 0.25) is 0 Å². The molecule has 2 saturated heterocycles. The predicted molar refractivity (Wildman–Crippen MR) is 101 cm³/mol. The van der Waals surface area contributed by atoms with Crippen LogP contribution in [0.5, 0.6) is 0 Å². The SMILES string of the molecule is CC12CCC3(CC1CCC1C2CCC2(C)C1C(F)CC21OCCO1)OCCO3. The van der Waals surface area contributed by atoms with E-state index in [9.17, 15) is 0 Å². The Morgan fingerprint density at radius 2 is 1.50 bits per heavy atom. The van der Waals surface area contributed by atoms with E-state index in [1.54, 1.807) is 0 Å². The van der Waals surface area contributed by atoms with Crippen LogP contribution in [0, 0.1) is 34.5 Å². The molecule has 6 fully saturated rings. The third kappa shape index (κ3) is 2.20. The van der Waals surface area contributed by atoms with Gasteiger partial charge in [0.1, 0.15) is 6.17 Å². The monoisotopic (exact) mass is 394 g/mol. The minimum absolute atomic E-state index is 0.0805. The molecule has 6 aliphatic rings. The molecule has 7 unspecified atom stereocenters. The van der Waals surface area contributed by atoms with Gasteiger partial charge in [-0.3, -0.25) is 0 Å². The van der Waals surface area contributed by atoms with Gasteiger partial charge in [0.15, 0.2) is 11.6 Å². The summed E-state index contributed by atoms with van der Waals surface area (Å²) >= 11 is 0. The number of hydrogen-bond acceptors (Lipinski definition) is 4. The highest BCUT2D eigenvalue weighted by Crippen LogP contribution is 2.70. The molecule has 4 nitrogen and oxygen atoms in total. The van der Waals surface area contributed by atoms with Crippen LogP contribution in [0.15, 0.2) is 0 Å². The van der Waals surface area contributed by atoms with Gasteiger partial charge in [0, 0.05) is 30.6 Å². The van der Waals surface area contributed by atoms with Crippen molar-refractivity contribution >= 4 is 0 Å². The summed E-state index contributed by atoms with van der Waals surface area (Å²) < 4.78 is 39.9. The van der Waals surface area contributed by atoms with E-state index in [1.165, 1.54) is 12.8 Å². The molecular weight excluding hydrogens is 359 g/mol. The molecule has 2 aliphatic heterocycles. The topological polar surface area (TPSA) is 36.9 Å². The Bertz CT molecular complexity index is 643. The van der Waals surface area contributed by atoms with E-state index in [0.29, 0.717) is 37.4 Å². The fourth-order valence-electron chi connectivity index (χ4n) is 8.84. The van der Waals surface area contributed by atoms with Gasteiger partial charge in [-0.25, -0.2) is 4.39 Å². The summed E-state index contributed by atoms with van der Waals surface area (Å²) in [5.41, 5.74) is 0.110. The van der Waals surface area contributed by atoms with Crippen LogP contribution < -0.4 is 0 Å². The Balaban J connectivity index is 1.30. The molecule has 158 valence electrons. The van der Waals surface area contributed by atoms with E-state index >= 15 is 4.39 Å². The van der Waals surface area contributed by atoms with Gasteiger partial charge in [-0.1, -0.05) is 13.8 Å². The van der Waals surface area contributed by atoms with Crippen LogP contribution in [0.3, 0.4) is 0 Å². The molecular formula is C23H35FO4. The van der Waals surface area contributed by atoms with Crippen LogP contribution in [0.1, 0.15) is 65.2 Å². The summed E-state index contributed by atoms with van der Waals surface area (Å²) in [6.07, 6.45) is 7.34. The fraction of sp³-hybridized carbons (Fsp3) is 1.00. The molecule has 28 heavy (non-hydrogen) atoms. The molecule has 0 aromatic heterocycles. The molecule has 5 heteroatoms. The number of alkyl halides is 1. The third-order valence-electron chi connectivity index (χ3n) is 10.2. The van der Waals surface area contributed by atoms with Crippen molar-refractivity contribution in [2.45, 2.75) is 83.0 Å². The first-order valence-electron chi connectivity index (χ1n) is 11.6. The largest absolute Gasteiger partial charge is 0.348 e. The smallest absolute Gasteiger partial charge is 0.176 e. The molecule has 0 aromatic carbocycles. The van der Waals surface area contributed by atoms with Crippen molar-refractivity contribution in [3.8, 4) is 0 Å². The Labute approximate surface area is 167 Å². The average Bonchev–Trinajstić information content (AvgIpc) is 3.37. The van der Waals surface area contributed by atoms with Gasteiger partial charge in [0.05, 0.1) is 26.4 Å². The lowest BCUT2D eigenvalue weighted by Crippen LogP contribution is -2.59. The second kappa shape index (κ2) is 5.93. The van der Waals surface area contributed by atoms with E-state index < -0.39 is 12.0 Å². The van der Waals surface area contributed by atoms with Crippen LogP contribution in [-0.4, -0.2) is 44.2 Å². The van der Waals surface area contributed by atoms with Crippen molar-refractivity contribution < 1.29 is 23.3 Å². The highest BCUT2D eigenvalue weighted by Gasteiger charge is 2.71. The summed E-state index contributed by atoms with van der Waals surface area (Å²) in [4.78, 5) is 0. The van der Waals surface area contributed by atoms with Gasteiger partial charge in [-0.2, -0.15) is 0 Å². The third-order valence-corrected chi connectivity index (χ3v) is 10.2. The molecule has 7 atom stereocenters. The van der Waals surface area contributed by atoms with Crippen LogP contribution in [0.25, 0.3) is 0 Å². The first-order chi connectivity index (χ1) is 13.4. The van der Waals surface area contributed by atoms with Crippen molar-refractivity contribution in [2.75, 3.05) is 26.4 Å². The Morgan fingerprint density at radius 3 is 2.25 bits per heavy atom. The fourth-order valence-corrected chi connectivity index (χ4v) is 8.84. The van der Waals surface area contributed by atoms with E-state index in [0.717, 1.165) is 45.3 Å². The van der Waals surface area contributed by atoms with Crippen molar-refractivity contribution in [2.24, 2.45) is 34.5 Å². The Hall–Kier alpha value is -0.230. The molecule has 0 amide bonds. The number of rotatable bonds is 0. The van der Waals surface area contributed by atoms with E-state index in [4.69, 9.17) is 18.9 Å². The summed E-state index contributed by atoms with van der Waals surface area (Å²) in [5.74, 6) is 0.808. The van der Waals surface area contributed by atoms with Crippen molar-refractivity contribution in [3.05, 3.63) is 0 Å². The van der Waals surface area contributed by atoms with Gasteiger partial charge in [0.25, 0.3) is 0 Å². The average molecular weight is 395 g/mol. The number of fused-ring (bicyclic) bond motifs is 6. The van der Waals surface area contributed by atoms with Crippen molar-refractivity contribution in [1.82, 2.24) is 0 Å². The van der Waals surface area contributed by atoms with Crippen molar-refractivity contribution in [3.63, 3.8) is 0 Å². The van der Waals surface area contributed by atoms with Gasteiger partial charge in [-0.15, -0.1) is 0 Å². The highest BCUT2D eigenvalue weighted by molar-refractivity contribution is 5.16. The van der Waals surface area contributed by atoms with Crippen molar-refractivity contribution in [1.29, 1.82) is 0 Å². The zero-order valence-electron chi connectivity index (χ0n) is 17.4. The molecule has 0 N–H and O–H groups in total. The molecule has 0 aromatic rings.